The van der Waals surface area contributed by atoms with Gasteiger partial charge < -0.3 is 10.1 Å². The predicted molar refractivity (Wildman–Crippen MR) is 136 cm³/mol. The van der Waals surface area contributed by atoms with Gasteiger partial charge in [-0.05, 0) is 61.4 Å². The number of rotatable bonds is 7. The molecule has 0 aromatic heterocycles. The van der Waals surface area contributed by atoms with Crippen molar-refractivity contribution in [2.75, 3.05) is 11.9 Å². The van der Waals surface area contributed by atoms with E-state index in [0.717, 1.165) is 25.6 Å². The molecule has 0 bridgehead atoms. The molecule has 0 atom stereocenters. The van der Waals surface area contributed by atoms with E-state index in [1.54, 1.807) is 6.08 Å². The maximum atomic E-state index is 12.6. The lowest BCUT2D eigenvalue weighted by molar-refractivity contribution is -0.112. The fourth-order valence-electron chi connectivity index (χ4n) is 3.15. The zero-order valence-corrected chi connectivity index (χ0v) is 21.0. The van der Waals surface area contributed by atoms with Crippen molar-refractivity contribution < 1.29 is 9.53 Å². The molecule has 4 nitrogen and oxygen atoms in total. The van der Waals surface area contributed by atoms with Crippen molar-refractivity contribution in [1.82, 2.24) is 0 Å². The minimum atomic E-state index is -0.456. The minimum Gasteiger partial charge on any atom is -0.494 e. The quantitative estimate of drug-likeness (QED) is 0.252. The van der Waals surface area contributed by atoms with Crippen molar-refractivity contribution >= 4 is 49.5 Å². The number of ether oxygens (including phenoxy) is 1. The van der Waals surface area contributed by atoms with Crippen molar-refractivity contribution in [2.45, 2.75) is 20.3 Å². The molecule has 0 radical (unpaired) electrons. The van der Waals surface area contributed by atoms with Gasteiger partial charge in [-0.3, -0.25) is 4.79 Å². The summed E-state index contributed by atoms with van der Waals surface area (Å²) in [5.41, 5.74) is 4.58. The van der Waals surface area contributed by atoms with Crippen molar-refractivity contribution in [1.29, 1.82) is 5.26 Å². The first-order chi connectivity index (χ1) is 15.4. The largest absolute Gasteiger partial charge is 0.494 e. The van der Waals surface area contributed by atoms with Crippen LogP contribution in [-0.4, -0.2) is 12.5 Å². The van der Waals surface area contributed by atoms with Crippen LogP contribution in [0, 0.1) is 18.3 Å². The van der Waals surface area contributed by atoms with Crippen molar-refractivity contribution in [2.24, 2.45) is 0 Å². The lowest BCUT2D eigenvalue weighted by Crippen LogP contribution is -2.13. The minimum absolute atomic E-state index is 0.0125. The van der Waals surface area contributed by atoms with E-state index < -0.39 is 5.91 Å². The summed E-state index contributed by atoms with van der Waals surface area (Å²) in [6.07, 6.45) is 2.24. The van der Waals surface area contributed by atoms with E-state index in [9.17, 15) is 10.1 Å². The van der Waals surface area contributed by atoms with E-state index in [2.05, 4.69) is 43.2 Å². The van der Waals surface area contributed by atoms with Crippen LogP contribution in [0.3, 0.4) is 0 Å². The van der Waals surface area contributed by atoms with Crippen LogP contribution in [0.5, 0.6) is 5.75 Å². The molecule has 0 spiro atoms. The van der Waals surface area contributed by atoms with Gasteiger partial charge in [-0.15, -0.1) is 0 Å². The number of hydrogen-bond acceptors (Lipinski definition) is 3. The van der Waals surface area contributed by atoms with E-state index in [0.29, 0.717) is 30.0 Å². The Morgan fingerprint density at radius 1 is 1.09 bits per heavy atom. The molecule has 1 N–H and O–H groups in total. The zero-order valence-electron chi connectivity index (χ0n) is 17.8. The van der Waals surface area contributed by atoms with Gasteiger partial charge in [0, 0.05) is 26.6 Å². The van der Waals surface area contributed by atoms with Gasteiger partial charge in [0.1, 0.15) is 17.4 Å². The van der Waals surface area contributed by atoms with E-state index >= 15 is 0 Å². The predicted octanol–water partition coefficient (Wildman–Crippen LogP) is 7.06. The number of nitrogens with one attached hydrogen (secondary N) is 1. The number of amides is 1. The molecule has 0 saturated heterocycles. The molecule has 0 aliphatic heterocycles. The first-order valence-corrected chi connectivity index (χ1v) is 11.7. The summed E-state index contributed by atoms with van der Waals surface area (Å²) >= 11 is 7.25. The highest BCUT2D eigenvalue weighted by Crippen LogP contribution is 2.33. The molecule has 32 heavy (non-hydrogen) atoms. The van der Waals surface area contributed by atoms with Gasteiger partial charge in [0.2, 0.25) is 0 Å². The topological polar surface area (TPSA) is 62.1 Å². The average molecular weight is 554 g/mol. The van der Waals surface area contributed by atoms with Crippen molar-refractivity contribution in [3.05, 3.63) is 97.4 Å². The van der Waals surface area contributed by atoms with Gasteiger partial charge in [0.25, 0.3) is 5.91 Å². The number of anilines is 1. The highest BCUT2D eigenvalue weighted by atomic mass is 79.9. The van der Waals surface area contributed by atoms with E-state index in [-0.39, 0.29) is 5.57 Å². The molecule has 3 aromatic rings. The summed E-state index contributed by atoms with van der Waals surface area (Å²) in [7, 11) is 0. The summed E-state index contributed by atoms with van der Waals surface area (Å²) in [6.45, 7) is 4.40. The highest BCUT2D eigenvalue weighted by Gasteiger charge is 2.15. The highest BCUT2D eigenvalue weighted by molar-refractivity contribution is 9.10. The molecule has 162 valence electrons. The average Bonchev–Trinajstić information content (AvgIpc) is 2.77. The monoisotopic (exact) mass is 552 g/mol. The number of benzene rings is 3. The van der Waals surface area contributed by atoms with E-state index in [1.807, 2.05) is 74.5 Å². The maximum absolute atomic E-state index is 12.6. The van der Waals surface area contributed by atoms with E-state index in [1.165, 1.54) is 0 Å². The smallest absolute Gasteiger partial charge is 0.266 e. The fourth-order valence-corrected chi connectivity index (χ4v) is 4.18. The SMILES string of the molecule is CCOc1cc(/C=C(\C#N)C(=O)Nc2ccc(C)cc2)cc(Br)c1Cc1ccccc1Br. The summed E-state index contributed by atoms with van der Waals surface area (Å²) in [6, 6.07) is 21.2. The van der Waals surface area contributed by atoms with Gasteiger partial charge in [-0.25, -0.2) is 0 Å². The van der Waals surface area contributed by atoms with Crippen molar-refractivity contribution in [3.8, 4) is 11.8 Å². The molecule has 3 rings (SSSR count). The summed E-state index contributed by atoms with van der Waals surface area (Å²) in [5, 5.41) is 12.3. The number of aryl methyl sites for hydroxylation is 1. The van der Waals surface area contributed by atoms with E-state index in [4.69, 9.17) is 4.74 Å². The Morgan fingerprint density at radius 3 is 2.47 bits per heavy atom. The normalized spacial score (nSPS) is 11.0. The number of halogens is 2. The molecule has 0 heterocycles. The summed E-state index contributed by atoms with van der Waals surface area (Å²) < 4.78 is 7.77. The number of nitrogens with zero attached hydrogens (tertiary/aromatic N) is 1. The summed E-state index contributed by atoms with van der Waals surface area (Å²) in [5.74, 6) is 0.253. The Kier molecular flexibility index (Phi) is 8.26. The zero-order chi connectivity index (χ0) is 23.1. The molecule has 0 fully saturated rings. The second-order valence-corrected chi connectivity index (χ2v) is 8.88. The van der Waals surface area contributed by atoms with Crippen LogP contribution in [0.1, 0.15) is 29.2 Å². The van der Waals surface area contributed by atoms with Gasteiger partial charge in [-0.2, -0.15) is 5.26 Å². The molecule has 0 saturated carbocycles. The van der Waals surface area contributed by atoms with Crippen LogP contribution in [0.15, 0.2) is 75.2 Å². The number of carbonyl (C=O) groups excluding carboxylic acids is 1. The molecule has 1 amide bonds. The van der Waals surface area contributed by atoms with Crippen LogP contribution in [0.25, 0.3) is 6.08 Å². The van der Waals surface area contributed by atoms with Crippen LogP contribution in [0.4, 0.5) is 5.69 Å². The third kappa shape index (κ3) is 6.09. The Bertz CT molecular complexity index is 1200. The number of nitriles is 1. The van der Waals surface area contributed by atoms with Gasteiger partial charge in [0.05, 0.1) is 6.61 Å². The Morgan fingerprint density at radius 2 is 1.81 bits per heavy atom. The molecule has 6 heteroatoms. The first-order valence-electron chi connectivity index (χ1n) is 10.1. The third-order valence-corrected chi connectivity index (χ3v) is 6.27. The molecular formula is C26H22Br2N2O2. The second kappa shape index (κ2) is 11.1. The number of hydrogen-bond donors (Lipinski definition) is 1. The Balaban J connectivity index is 1.91. The van der Waals surface area contributed by atoms with Gasteiger partial charge >= 0.3 is 0 Å². The lowest BCUT2D eigenvalue weighted by Gasteiger charge is -2.15. The fraction of sp³-hybridized carbons (Fsp3) is 0.154. The Hall–Kier alpha value is -2.88. The first kappa shape index (κ1) is 23.8. The molecule has 0 aliphatic rings. The van der Waals surface area contributed by atoms with Gasteiger partial charge in [-0.1, -0.05) is 67.8 Å². The molecule has 0 unspecified atom stereocenters. The summed E-state index contributed by atoms with van der Waals surface area (Å²) in [4.78, 5) is 12.6. The van der Waals surface area contributed by atoms with Crippen LogP contribution in [0.2, 0.25) is 0 Å². The maximum Gasteiger partial charge on any atom is 0.266 e. The van der Waals surface area contributed by atoms with Crippen LogP contribution in [-0.2, 0) is 11.2 Å². The Labute approximate surface area is 205 Å². The van der Waals surface area contributed by atoms with Crippen LogP contribution < -0.4 is 10.1 Å². The standard InChI is InChI=1S/C26H22Br2N2O2/c1-3-32-25-14-18(13-24(28)22(25)15-19-6-4-5-7-23(19)27)12-20(16-29)26(31)30-21-10-8-17(2)9-11-21/h4-14H,3,15H2,1-2H3,(H,30,31)/b20-12+. The van der Waals surface area contributed by atoms with Gasteiger partial charge in [0.15, 0.2) is 0 Å². The lowest BCUT2D eigenvalue weighted by atomic mass is 10.0. The molecular weight excluding hydrogens is 532 g/mol. The van der Waals surface area contributed by atoms with Crippen LogP contribution >= 0.6 is 31.9 Å². The van der Waals surface area contributed by atoms with Crippen molar-refractivity contribution in [3.63, 3.8) is 0 Å². The second-order valence-electron chi connectivity index (χ2n) is 7.17. The number of carbonyl (C=O) groups is 1. The third-order valence-electron chi connectivity index (χ3n) is 4.79. The molecule has 3 aromatic carbocycles. The molecule has 0 aliphatic carbocycles.